The maximum Gasteiger partial charge on any atom is 0.285 e. The summed E-state index contributed by atoms with van der Waals surface area (Å²) in [6.07, 6.45) is 15.4. The predicted molar refractivity (Wildman–Crippen MR) is 105 cm³/mol. The Bertz CT molecular complexity index is 293. The van der Waals surface area contributed by atoms with E-state index >= 15 is 0 Å². The minimum absolute atomic E-state index is 0.295. The van der Waals surface area contributed by atoms with Gasteiger partial charge >= 0.3 is 0 Å². The van der Waals surface area contributed by atoms with Gasteiger partial charge in [-0.3, -0.25) is 0 Å². The third-order valence-corrected chi connectivity index (χ3v) is 5.74. The monoisotopic (exact) mass is 357 g/mol. The van der Waals surface area contributed by atoms with E-state index < -0.39 is 5.97 Å². The Morgan fingerprint density at radius 1 is 0.760 bits per heavy atom. The first-order chi connectivity index (χ1) is 12.2. The van der Waals surface area contributed by atoms with Gasteiger partial charge in [0.05, 0.1) is 0 Å². The van der Waals surface area contributed by atoms with Crippen LogP contribution in [0.25, 0.3) is 0 Å². The van der Waals surface area contributed by atoms with E-state index in [1.54, 1.807) is 21.3 Å². The molecule has 1 aliphatic rings. The van der Waals surface area contributed by atoms with E-state index in [1.165, 1.54) is 83.8 Å². The zero-order valence-corrected chi connectivity index (χ0v) is 17.4. The molecule has 1 heterocycles. The number of methoxy groups -OCH3 is 3. The van der Waals surface area contributed by atoms with Crippen molar-refractivity contribution in [2.45, 2.75) is 89.9 Å². The highest BCUT2D eigenvalue weighted by Gasteiger charge is 2.39. The lowest BCUT2D eigenvalue weighted by Gasteiger charge is -2.37. The molecule has 1 aliphatic heterocycles. The summed E-state index contributed by atoms with van der Waals surface area (Å²) in [6, 6.07) is 0. The molecule has 1 unspecified atom stereocenters. The number of ether oxygens (including phenoxy) is 3. The van der Waals surface area contributed by atoms with Crippen molar-refractivity contribution >= 4 is 0 Å². The number of hydrogen-bond donors (Lipinski definition) is 0. The van der Waals surface area contributed by atoms with Crippen molar-refractivity contribution in [2.75, 3.05) is 41.0 Å². The van der Waals surface area contributed by atoms with E-state index in [4.69, 9.17) is 14.2 Å². The molecule has 0 aromatic rings. The van der Waals surface area contributed by atoms with Crippen LogP contribution in [0, 0.1) is 5.92 Å². The van der Waals surface area contributed by atoms with Gasteiger partial charge < -0.3 is 19.1 Å². The summed E-state index contributed by atoms with van der Waals surface area (Å²) in [5.74, 6) is -0.589. The average Bonchev–Trinajstić information content (AvgIpc) is 2.66. The second kappa shape index (κ2) is 14.0. The van der Waals surface area contributed by atoms with Crippen LogP contribution in [0.2, 0.25) is 0 Å². The fourth-order valence-electron chi connectivity index (χ4n) is 4.16. The van der Waals surface area contributed by atoms with E-state index in [2.05, 4.69) is 11.8 Å². The van der Waals surface area contributed by atoms with Crippen LogP contribution < -0.4 is 0 Å². The van der Waals surface area contributed by atoms with Crippen molar-refractivity contribution in [3.05, 3.63) is 0 Å². The molecule has 4 heteroatoms. The second-order valence-electron chi connectivity index (χ2n) is 7.51. The van der Waals surface area contributed by atoms with Gasteiger partial charge in [-0.25, -0.2) is 0 Å². The van der Waals surface area contributed by atoms with Gasteiger partial charge in [-0.05, 0) is 51.7 Å². The molecule has 150 valence electrons. The molecule has 0 radical (unpaired) electrons. The van der Waals surface area contributed by atoms with Gasteiger partial charge in [0.25, 0.3) is 5.97 Å². The maximum absolute atomic E-state index is 5.68. The van der Waals surface area contributed by atoms with Gasteiger partial charge in [0, 0.05) is 27.2 Å². The third kappa shape index (κ3) is 8.38. The number of likely N-dealkylation sites (tertiary alicyclic amines) is 1. The maximum atomic E-state index is 5.68. The highest BCUT2D eigenvalue weighted by Crippen LogP contribution is 2.32. The summed E-state index contributed by atoms with van der Waals surface area (Å²) in [7, 11) is 5.10. The van der Waals surface area contributed by atoms with Gasteiger partial charge in [-0.2, -0.15) is 0 Å². The summed E-state index contributed by atoms with van der Waals surface area (Å²) < 4.78 is 17.0. The van der Waals surface area contributed by atoms with Crippen molar-refractivity contribution < 1.29 is 14.2 Å². The number of hydrogen-bond acceptors (Lipinski definition) is 4. The van der Waals surface area contributed by atoms with E-state index in [1.807, 2.05) is 0 Å². The number of rotatable bonds is 15. The predicted octanol–water partition coefficient (Wildman–Crippen LogP) is 5.21. The first kappa shape index (κ1) is 22.9. The van der Waals surface area contributed by atoms with E-state index in [9.17, 15) is 0 Å². The van der Waals surface area contributed by atoms with Crippen molar-refractivity contribution in [3.63, 3.8) is 0 Å². The quantitative estimate of drug-likeness (QED) is 0.297. The Balaban J connectivity index is 2.43. The van der Waals surface area contributed by atoms with Crippen LogP contribution in [-0.2, 0) is 14.2 Å². The fourth-order valence-corrected chi connectivity index (χ4v) is 4.16. The molecule has 4 nitrogen and oxygen atoms in total. The standard InChI is InChI=1S/C21H43NO3/c1-5-6-7-8-9-11-15-20(21(23-2,24-3)25-4)16-14-19-22-17-12-10-13-18-22/h20H,5-19H2,1-4H3. The van der Waals surface area contributed by atoms with Crippen LogP contribution in [0.5, 0.6) is 0 Å². The largest absolute Gasteiger partial charge is 0.331 e. The Morgan fingerprint density at radius 3 is 1.92 bits per heavy atom. The summed E-state index contributed by atoms with van der Waals surface area (Å²) in [5.41, 5.74) is 0. The minimum atomic E-state index is -0.884. The molecule has 0 spiro atoms. The molecule has 1 atom stereocenters. The molecule has 0 saturated carbocycles. The highest BCUT2D eigenvalue weighted by molar-refractivity contribution is 4.73. The van der Waals surface area contributed by atoms with Crippen molar-refractivity contribution in [3.8, 4) is 0 Å². The molecule has 0 aromatic carbocycles. The van der Waals surface area contributed by atoms with Crippen LogP contribution in [0.15, 0.2) is 0 Å². The fraction of sp³-hybridized carbons (Fsp3) is 1.00. The van der Waals surface area contributed by atoms with Gasteiger partial charge in [-0.15, -0.1) is 0 Å². The Kier molecular flexibility index (Phi) is 12.8. The lowest BCUT2D eigenvalue weighted by Crippen LogP contribution is -2.44. The van der Waals surface area contributed by atoms with Gasteiger partial charge in [0.15, 0.2) is 0 Å². The molecule has 1 rings (SSSR count). The molecule has 0 amide bonds. The molecular formula is C21H43NO3. The molecule has 0 bridgehead atoms. The molecular weight excluding hydrogens is 314 g/mol. The normalized spacial score (nSPS) is 17.8. The smallest absolute Gasteiger partial charge is 0.285 e. The molecule has 0 aromatic heterocycles. The summed E-state index contributed by atoms with van der Waals surface area (Å²) >= 11 is 0. The Hall–Kier alpha value is -0.160. The molecule has 1 fully saturated rings. The van der Waals surface area contributed by atoms with Crippen LogP contribution in [0.1, 0.15) is 84.0 Å². The third-order valence-electron chi connectivity index (χ3n) is 5.74. The summed E-state index contributed by atoms with van der Waals surface area (Å²) in [6.45, 7) is 6.00. The molecule has 0 aliphatic carbocycles. The van der Waals surface area contributed by atoms with E-state index in [0.717, 1.165) is 12.8 Å². The van der Waals surface area contributed by atoms with Gasteiger partial charge in [0.2, 0.25) is 0 Å². The second-order valence-corrected chi connectivity index (χ2v) is 7.51. The zero-order chi connectivity index (χ0) is 18.4. The number of nitrogens with zero attached hydrogens (tertiary/aromatic N) is 1. The first-order valence-corrected chi connectivity index (χ1v) is 10.6. The van der Waals surface area contributed by atoms with Crippen molar-refractivity contribution in [1.82, 2.24) is 4.90 Å². The average molecular weight is 358 g/mol. The first-order valence-electron chi connectivity index (χ1n) is 10.6. The molecule has 1 saturated heterocycles. The molecule has 25 heavy (non-hydrogen) atoms. The zero-order valence-electron chi connectivity index (χ0n) is 17.4. The SMILES string of the molecule is CCCCCCCCC(CCCN1CCCCC1)C(OC)(OC)OC. The summed E-state index contributed by atoms with van der Waals surface area (Å²) in [5, 5.41) is 0. The Labute approximate surface area is 156 Å². The van der Waals surface area contributed by atoms with Crippen LogP contribution in [0.4, 0.5) is 0 Å². The van der Waals surface area contributed by atoms with E-state index in [0.29, 0.717) is 5.92 Å². The minimum Gasteiger partial charge on any atom is -0.331 e. The van der Waals surface area contributed by atoms with Crippen molar-refractivity contribution in [1.29, 1.82) is 0 Å². The van der Waals surface area contributed by atoms with Crippen LogP contribution in [0.3, 0.4) is 0 Å². The van der Waals surface area contributed by atoms with Crippen LogP contribution in [-0.4, -0.2) is 51.8 Å². The van der Waals surface area contributed by atoms with Gasteiger partial charge in [0.1, 0.15) is 0 Å². The lowest BCUT2D eigenvalue weighted by atomic mass is 9.92. The highest BCUT2D eigenvalue weighted by atomic mass is 16.9. The van der Waals surface area contributed by atoms with E-state index in [-0.39, 0.29) is 0 Å². The number of unbranched alkanes of at least 4 members (excludes halogenated alkanes) is 5. The van der Waals surface area contributed by atoms with Gasteiger partial charge in [-0.1, -0.05) is 51.9 Å². The van der Waals surface area contributed by atoms with Crippen molar-refractivity contribution in [2.24, 2.45) is 5.92 Å². The number of piperidine rings is 1. The summed E-state index contributed by atoms with van der Waals surface area (Å²) in [4.78, 5) is 2.61. The Morgan fingerprint density at radius 2 is 1.32 bits per heavy atom. The lowest BCUT2D eigenvalue weighted by molar-refractivity contribution is -0.380. The topological polar surface area (TPSA) is 30.9 Å². The molecule has 0 N–H and O–H groups in total. The van der Waals surface area contributed by atoms with Crippen LogP contribution >= 0.6 is 0 Å².